The van der Waals surface area contributed by atoms with Gasteiger partial charge in [0, 0.05) is 7.11 Å². The average Bonchev–Trinajstić information content (AvgIpc) is 2.17. The van der Waals surface area contributed by atoms with Crippen LogP contribution in [0.3, 0.4) is 0 Å². The monoisotopic (exact) mass is 195 g/mol. The fourth-order valence-corrected chi connectivity index (χ4v) is 1.32. The highest BCUT2D eigenvalue weighted by molar-refractivity contribution is 5.37. The number of rotatable bonds is 5. The highest BCUT2D eigenvalue weighted by atomic mass is 16.7. The van der Waals surface area contributed by atoms with Crippen LogP contribution in [0.25, 0.3) is 0 Å². The lowest BCUT2D eigenvalue weighted by molar-refractivity contribution is 0.0504. The van der Waals surface area contributed by atoms with Crippen LogP contribution in [0.15, 0.2) is 18.2 Å². The summed E-state index contributed by atoms with van der Waals surface area (Å²) in [6.45, 7) is 2.97. The Morgan fingerprint density at radius 1 is 1.36 bits per heavy atom. The minimum absolute atomic E-state index is 0.278. The number of hydrogen-bond acceptors (Lipinski definition) is 3. The fourth-order valence-electron chi connectivity index (χ4n) is 1.32. The molecule has 14 heavy (non-hydrogen) atoms. The molecule has 0 saturated heterocycles. The lowest BCUT2D eigenvalue weighted by atomic mass is 10.1. The van der Waals surface area contributed by atoms with Gasteiger partial charge in [0.2, 0.25) is 0 Å². The summed E-state index contributed by atoms with van der Waals surface area (Å²) < 4.78 is 10.3. The molecule has 0 heterocycles. The maximum Gasteiger partial charge on any atom is 0.188 e. The van der Waals surface area contributed by atoms with Crippen molar-refractivity contribution < 1.29 is 9.47 Å². The van der Waals surface area contributed by atoms with E-state index in [0.717, 1.165) is 17.7 Å². The summed E-state index contributed by atoms with van der Waals surface area (Å²) in [6, 6.07) is 6.07. The van der Waals surface area contributed by atoms with Crippen molar-refractivity contribution in [2.24, 2.45) is 5.73 Å². The Kier molecular flexibility index (Phi) is 4.43. The van der Waals surface area contributed by atoms with Gasteiger partial charge in [-0.1, -0.05) is 17.7 Å². The fraction of sp³-hybridized carbons (Fsp3) is 0.455. The molecule has 2 N–H and O–H groups in total. The maximum absolute atomic E-state index is 5.52. The molecule has 0 unspecified atom stereocenters. The van der Waals surface area contributed by atoms with Gasteiger partial charge in [0.15, 0.2) is 6.79 Å². The molecule has 0 aromatic heterocycles. The third-order valence-corrected chi connectivity index (χ3v) is 1.96. The highest BCUT2D eigenvalue weighted by Gasteiger charge is 2.02. The van der Waals surface area contributed by atoms with Crippen LogP contribution in [0.5, 0.6) is 5.75 Å². The molecule has 0 fully saturated rings. The lowest BCUT2D eigenvalue weighted by Gasteiger charge is -2.10. The van der Waals surface area contributed by atoms with Crippen LogP contribution in [-0.4, -0.2) is 20.4 Å². The molecule has 3 nitrogen and oxygen atoms in total. The average molecular weight is 195 g/mol. The van der Waals surface area contributed by atoms with Crippen LogP contribution in [-0.2, 0) is 11.2 Å². The predicted octanol–water partition coefficient (Wildman–Crippen LogP) is 1.48. The normalized spacial score (nSPS) is 10.2. The van der Waals surface area contributed by atoms with Gasteiger partial charge in [-0.05, 0) is 31.5 Å². The molecule has 0 atom stereocenters. The second-order valence-electron chi connectivity index (χ2n) is 3.20. The predicted molar refractivity (Wildman–Crippen MR) is 56.4 cm³/mol. The molecule has 0 saturated carbocycles. The zero-order valence-corrected chi connectivity index (χ0v) is 8.75. The molecule has 1 aromatic rings. The summed E-state index contributed by atoms with van der Waals surface area (Å²) in [5.41, 5.74) is 7.89. The molecule has 0 amide bonds. The molecule has 0 aliphatic heterocycles. The molecule has 3 heteroatoms. The van der Waals surface area contributed by atoms with Crippen molar-refractivity contribution in [2.45, 2.75) is 13.3 Å². The number of aryl methyl sites for hydroxylation is 1. The molecule has 78 valence electrons. The van der Waals surface area contributed by atoms with Gasteiger partial charge in [0.1, 0.15) is 5.75 Å². The van der Waals surface area contributed by atoms with Crippen molar-refractivity contribution in [1.29, 1.82) is 0 Å². The molecule has 0 spiro atoms. The van der Waals surface area contributed by atoms with E-state index in [9.17, 15) is 0 Å². The van der Waals surface area contributed by atoms with Gasteiger partial charge in [-0.3, -0.25) is 0 Å². The van der Waals surface area contributed by atoms with E-state index in [2.05, 4.69) is 13.0 Å². The second-order valence-corrected chi connectivity index (χ2v) is 3.20. The van der Waals surface area contributed by atoms with Gasteiger partial charge in [0.25, 0.3) is 0 Å². The van der Waals surface area contributed by atoms with Crippen molar-refractivity contribution in [3.05, 3.63) is 29.3 Å². The smallest absolute Gasteiger partial charge is 0.188 e. The van der Waals surface area contributed by atoms with Crippen molar-refractivity contribution in [2.75, 3.05) is 20.4 Å². The van der Waals surface area contributed by atoms with Crippen LogP contribution in [0.4, 0.5) is 0 Å². The number of benzene rings is 1. The van der Waals surface area contributed by atoms with Gasteiger partial charge in [-0.15, -0.1) is 0 Å². The van der Waals surface area contributed by atoms with Gasteiger partial charge in [-0.2, -0.15) is 0 Å². The van der Waals surface area contributed by atoms with Crippen molar-refractivity contribution in [3.8, 4) is 5.75 Å². The Labute approximate surface area is 84.8 Å². The first-order valence-corrected chi connectivity index (χ1v) is 4.69. The van der Waals surface area contributed by atoms with E-state index >= 15 is 0 Å². The molecule has 0 aliphatic rings. The van der Waals surface area contributed by atoms with Crippen LogP contribution < -0.4 is 10.5 Å². The first-order chi connectivity index (χ1) is 6.77. The quantitative estimate of drug-likeness (QED) is 0.724. The first kappa shape index (κ1) is 11.0. The van der Waals surface area contributed by atoms with Crippen LogP contribution in [0.2, 0.25) is 0 Å². The number of nitrogens with two attached hydrogens (primary N) is 1. The van der Waals surface area contributed by atoms with Crippen molar-refractivity contribution in [1.82, 2.24) is 0 Å². The van der Waals surface area contributed by atoms with E-state index < -0.39 is 0 Å². The van der Waals surface area contributed by atoms with Crippen molar-refractivity contribution in [3.63, 3.8) is 0 Å². The zero-order valence-electron chi connectivity index (χ0n) is 8.75. The Morgan fingerprint density at radius 2 is 2.14 bits per heavy atom. The third kappa shape index (κ3) is 3.01. The molecular formula is C11H17NO2. The Bertz CT molecular complexity index is 287. The summed E-state index contributed by atoms with van der Waals surface area (Å²) in [5, 5.41) is 0. The largest absolute Gasteiger partial charge is 0.467 e. The standard InChI is InChI=1S/C11H17NO2/c1-9-3-4-11(14-8-13-2)10(7-9)5-6-12/h3-4,7H,5-6,8,12H2,1-2H3. The van der Waals surface area contributed by atoms with E-state index in [1.807, 2.05) is 12.1 Å². The summed E-state index contributed by atoms with van der Waals surface area (Å²) in [4.78, 5) is 0. The van der Waals surface area contributed by atoms with Gasteiger partial charge in [0.05, 0.1) is 0 Å². The molecular weight excluding hydrogens is 178 g/mol. The van der Waals surface area contributed by atoms with Crippen molar-refractivity contribution >= 4 is 0 Å². The van der Waals surface area contributed by atoms with E-state index in [0.29, 0.717) is 6.54 Å². The molecule has 0 aliphatic carbocycles. The minimum Gasteiger partial charge on any atom is -0.467 e. The summed E-state index contributed by atoms with van der Waals surface area (Å²) in [6.07, 6.45) is 0.834. The molecule has 1 rings (SSSR count). The maximum atomic E-state index is 5.52. The van der Waals surface area contributed by atoms with Gasteiger partial charge in [-0.25, -0.2) is 0 Å². The van der Waals surface area contributed by atoms with E-state index in [-0.39, 0.29) is 6.79 Å². The zero-order chi connectivity index (χ0) is 10.4. The molecule has 1 aromatic carbocycles. The van der Waals surface area contributed by atoms with Crippen LogP contribution in [0.1, 0.15) is 11.1 Å². The second kappa shape index (κ2) is 5.62. The summed E-state index contributed by atoms with van der Waals surface area (Å²) in [7, 11) is 1.61. The van der Waals surface area contributed by atoms with E-state index in [1.165, 1.54) is 5.56 Å². The lowest BCUT2D eigenvalue weighted by Crippen LogP contribution is -2.07. The van der Waals surface area contributed by atoms with E-state index in [1.54, 1.807) is 7.11 Å². The highest BCUT2D eigenvalue weighted by Crippen LogP contribution is 2.20. The summed E-state index contributed by atoms with van der Waals surface area (Å²) >= 11 is 0. The summed E-state index contributed by atoms with van der Waals surface area (Å²) in [5.74, 6) is 0.864. The number of hydrogen-bond donors (Lipinski definition) is 1. The molecule has 0 bridgehead atoms. The van der Waals surface area contributed by atoms with Gasteiger partial charge >= 0.3 is 0 Å². The third-order valence-electron chi connectivity index (χ3n) is 1.96. The van der Waals surface area contributed by atoms with Crippen LogP contribution in [0, 0.1) is 6.92 Å². The Balaban J connectivity index is 2.78. The SMILES string of the molecule is COCOc1ccc(C)cc1CCN. The Hall–Kier alpha value is -1.06. The Morgan fingerprint density at radius 3 is 2.79 bits per heavy atom. The van der Waals surface area contributed by atoms with Crippen LogP contribution >= 0.6 is 0 Å². The topological polar surface area (TPSA) is 44.5 Å². The van der Waals surface area contributed by atoms with Gasteiger partial charge < -0.3 is 15.2 Å². The molecule has 0 radical (unpaired) electrons. The number of methoxy groups -OCH3 is 1. The van der Waals surface area contributed by atoms with E-state index in [4.69, 9.17) is 15.2 Å². The first-order valence-electron chi connectivity index (χ1n) is 4.69. The number of ether oxygens (including phenoxy) is 2. The minimum atomic E-state index is 0.278.